The number of hydrogen-bond acceptors (Lipinski definition) is 4. The zero-order valence-electron chi connectivity index (χ0n) is 9.43. The maximum Gasteiger partial charge on any atom is 0.120 e. The minimum Gasteiger partial charge on any atom is -0.508 e. The molecular formula is C12H19NO3. The molecule has 1 rings (SSSR count). The first kappa shape index (κ1) is 12.8. The summed E-state index contributed by atoms with van der Waals surface area (Å²) in [7, 11) is 0. The predicted molar refractivity (Wildman–Crippen MR) is 62.2 cm³/mol. The van der Waals surface area contributed by atoms with E-state index in [2.05, 4.69) is 0 Å². The summed E-state index contributed by atoms with van der Waals surface area (Å²) < 4.78 is 0. The van der Waals surface area contributed by atoms with Crippen LogP contribution in [0.5, 0.6) is 11.5 Å². The first-order valence-corrected chi connectivity index (χ1v) is 5.51. The molecule has 0 bridgehead atoms. The van der Waals surface area contributed by atoms with Crippen LogP contribution in [0.3, 0.4) is 0 Å². The zero-order valence-corrected chi connectivity index (χ0v) is 9.43. The molecule has 4 heteroatoms. The van der Waals surface area contributed by atoms with Gasteiger partial charge in [0.2, 0.25) is 0 Å². The van der Waals surface area contributed by atoms with Crippen LogP contribution in [0.2, 0.25) is 0 Å². The van der Waals surface area contributed by atoms with Gasteiger partial charge in [0.15, 0.2) is 0 Å². The standard InChI is InChI=1S/C12H19NO3/c1-2-3-4-11(16)12(13)9-7-8(14)5-6-10(9)15/h5-7,11-12,14-16H,2-4,13H2,1H3/t11-,12+/m0/s1. The van der Waals surface area contributed by atoms with Gasteiger partial charge >= 0.3 is 0 Å². The number of aliphatic hydroxyl groups is 1. The van der Waals surface area contributed by atoms with E-state index in [4.69, 9.17) is 5.73 Å². The minimum absolute atomic E-state index is 0.000786. The van der Waals surface area contributed by atoms with Crippen LogP contribution in [0, 0.1) is 0 Å². The summed E-state index contributed by atoms with van der Waals surface area (Å²) in [6.07, 6.45) is 1.75. The van der Waals surface area contributed by atoms with Crippen molar-refractivity contribution in [1.29, 1.82) is 0 Å². The van der Waals surface area contributed by atoms with Crippen molar-refractivity contribution < 1.29 is 15.3 Å². The second-order valence-corrected chi connectivity index (χ2v) is 3.98. The van der Waals surface area contributed by atoms with Gasteiger partial charge in [-0.25, -0.2) is 0 Å². The Morgan fingerprint density at radius 2 is 2.00 bits per heavy atom. The SMILES string of the molecule is CCCC[C@H](O)[C@H](N)c1cc(O)ccc1O. The van der Waals surface area contributed by atoms with E-state index in [0.29, 0.717) is 12.0 Å². The highest BCUT2D eigenvalue weighted by molar-refractivity contribution is 5.40. The molecule has 0 aliphatic rings. The quantitative estimate of drug-likeness (QED) is 0.574. The van der Waals surface area contributed by atoms with Gasteiger partial charge in [0.05, 0.1) is 12.1 Å². The molecule has 0 saturated heterocycles. The van der Waals surface area contributed by atoms with E-state index >= 15 is 0 Å². The molecule has 0 radical (unpaired) electrons. The Hall–Kier alpha value is -1.26. The van der Waals surface area contributed by atoms with Crippen molar-refractivity contribution in [3.63, 3.8) is 0 Å². The summed E-state index contributed by atoms with van der Waals surface area (Å²) in [6.45, 7) is 2.03. The molecule has 0 heterocycles. The number of aliphatic hydroxyl groups excluding tert-OH is 1. The molecule has 90 valence electrons. The van der Waals surface area contributed by atoms with Gasteiger partial charge in [-0.05, 0) is 24.6 Å². The fourth-order valence-electron chi connectivity index (χ4n) is 1.61. The van der Waals surface area contributed by atoms with Gasteiger partial charge in [-0.1, -0.05) is 19.8 Å². The number of rotatable bonds is 5. The average molecular weight is 225 g/mol. The van der Waals surface area contributed by atoms with Gasteiger partial charge < -0.3 is 21.1 Å². The van der Waals surface area contributed by atoms with Crippen LogP contribution in [-0.2, 0) is 0 Å². The number of hydrogen-bond donors (Lipinski definition) is 4. The lowest BCUT2D eigenvalue weighted by molar-refractivity contribution is 0.131. The van der Waals surface area contributed by atoms with Crippen LogP contribution in [0.15, 0.2) is 18.2 Å². The molecule has 0 saturated carbocycles. The third-order valence-corrected chi connectivity index (χ3v) is 2.64. The Labute approximate surface area is 95.3 Å². The maximum absolute atomic E-state index is 9.80. The highest BCUT2D eigenvalue weighted by Crippen LogP contribution is 2.29. The second-order valence-electron chi connectivity index (χ2n) is 3.98. The zero-order chi connectivity index (χ0) is 12.1. The Kier molecular flexibility index (Phi) is 4.58. The number of phenolic OH excluding ortho intramolecular Hbond substituents is 2. The summed E-state index contributed by atoms with van der Waals surface area (Å²) in [5.41, 5.74) is 6.21. The van der Waals surface area contributed by atoms with Gasteiger partial charge in [-0.15, -0.1) is 0 Å². The number of nitrogens with two attached hydrogens (primary N) is 1. The van der Waals surface area contributed by atoms with Crippen molar-refractivity contribution >= 4 is 0 Å². The van der Waals surface area contributed by atoms with Crippen molar-refractivity contribution in [3.8, 4) is 11.5 Å². The van der Waals surface area contributed by atoms with Gasteiger partial charge in [-0.2, -0.15) is 0 Å². The van der Waals surface area contributed by atoms with Crippen LogP contribution in [0.4, 0.5) is 0 Å². The Morgan fingerprint density at radius 3 is 2.62 bits per heavy atom. The van der Waals surface area contributed by atoms with Gasteiger partial charge in [0, 0.05) is 5.56 Å². The maximum atomic E-state index is 9.80. The smallest absolute Gasteiger partial charge is 0.120 e. The Balaban J connectivity index is 2.78. The van der Waals surface area contributed by atoms with E-state index in [1.54, 1.807) is 0 Å². The highest BCUT2D eigenvalue weighted by Gasteiger charge is 2.19. The average Bonchev–Trinajstić information content (AvgIpc) is 2.28. The van der Waals surface area contributed by atoms with Crippen molar-refractivity contribution in [2.75, 3.05) is 0 Å². The molecule has 0 amide bonds. The molecular weight excluding hydrogens is 206 g/mol. The van der Waals surface area contributed by atoms with Gasteiger partial charge in [0.1, 0.15) is 11.5 Å². The van der Waals surface area contributed by atoms with Crippen LogP contribution >= 0.6 is 0 Å². The van der Waals surface area contributed by atoms with Crippen molar-refractivity contribution in [3.05, 3.63) is 23.8 Å². The van der Waals surface area contributed by atoms with E-state index in [-0.39, 0.29) is 11.5 Å². The summed E-state index contributed by atoms with van der Waals surface area (Å²) in [6, 6.07) is 3.47. The number of unbranched alkanes of at least 4 members (excludes halogenated alkanes) is 1. The lowest BCUT2D eigenvalue weighted by atomic mass is 9.97. The third kappa shape index (κ3) is 3.12. The van der Waals surface area contributed by atoms with E-state index in [9.17, 15) is 15.3 Å². The van der Waals surface area contributed by atoms with E-state index in [1.807, 2.05) is 6.92 Å². The Morgan fingerprint density at radius 1 is 1.31 bits per heavy atom. The molecule has 2 atom stereocenters. The monoisotopic (exact) mass is 225 g/mol. The molecule has 1 aromatic carbocycles. The van der Waals surface area contributed by atoms with E-state index in [1.165, 1.54) is 18.2 Å². The van der Waals surface area contributed by atoms with Crippen LogP contribution in [-0.4, -0.2) is 21.4 Å². The summed E-state index contributed by atoms with van der Waals surface area (Å²) in [5, 5.41) is 28.7. The van der Waals surface area contributed by atoms with Crippen molar-refractivity contribution in [2.45, 2.75) is 38.3 Å². The number of phenols is 2. The molecule has 0 unspecified atom stereocenters. The third-order valence-electron chi connectivity index (χ3n) is 2.64. The molecule has 0 aliphatic heterocycles. The molecule has 5 N–H and O–H groups in total. The highest BCUT2D eigenvalue weighted by atomic mass is 16.3. The van der Waals surface area contributed by atoms with Crippen molar-refractivity contribution in [2.24, 2.45) is 5.73 Å². The molecule has 1 aromatic rings. The van der Waals surface area contributed by atoms with E-state index in [0.717, 1.165) is 12.8 Å². The topological polar surface area (TPSA) is 86.7 Å². The minimum atomic E-state index is -0.701. The number of benzene rings is 1. The van der Waals surface area contributed by atoms with Crippen molar-refractivity contribution in [1.82, 2.24) is 0 Å². The first-order valence-electron chi connectivity index (χ1n) is 5.51. The largest absolute Gasteiger partial charge is 0.508 e. The summed E-state index contributed by atoms with van der Waals surface area (Å²) >= 11 is 0. The molecule has 4 nitrogen and oxygen atoms in total. The molecule has 0 aliphatic carbocycles. The fourth-order valence-corrected chi connectivity index (χ4v) is 1.61. The molecule has 0 aromatic heterocycles. The molecule has 16 heavy (non-hydrogen) atoms. The summed E-state index contributed by atoms with van der Waals surface area (Å²) in [5.74, 6) is 0.0341. The predicted octanol–water partition coefficient (Wildman–Crippen LogP) is 1.65. The fraction of sp³-hybridized carbons (Fsp3) is 0.500. The van der Waals surface area contributed by atoms with Crippen LogP contribution in [0.25, 0.3) is 0 Å². The van der Waals surface area contributed by atoms with Crippen LogP contribution in [0.1, 0.15) is 37.8 Å². The van der Waals surface area contributed by atoms with Gasteiger partial charge in [-0.3, -0.25) is 0 Å². The Bertz CT molecular complexity index is 341. The second kappa shape index (κ2) is 5.72. The van der Waals surface area contributed by atoms with Gasteiger partial charge in [0.25, 0.3) is 0 Å². The number of aromatic hydroxyl groups is 2. The summed E-state index contributed by atoms with van der Waals surface area (Å²) in [4.78, 5) is 0. The lowest BCUT2D eigenvalue weighted by Gasteiger charge is -2.20. The lowest BCUT2D eigenvalue weighted by Crippen LogP contribution is -2.26. The van der Waals surface area contributed by atoms with E-state index < -0.39 is 12.1 Å². The normalized spacial score (nSPS) is 14.7. The molecule has 0 spiro atoms. The molecule has 0 fully saturated rings. The first-order chi connectivity index (χ1) is 7.56. The van der Waals surface area contributed by atoms with Crippen LogP contribution < -0.4 is 5.73 Å².